The Balaban J connectivity index is 0.00000220. The Kier molecular flexibility index (Phi) is 7.60. The molecule has 1 saturated heterocycles. The van der Waals surface area contributed by atoms with Crippen molar-refractivity contribution in [1.29, 1.82) is 0 Å². The van der Waals surface area contributed by atoms with Gasteiger partial charge in [0.05, 0.1) is 19.2 Å². The molecule has 120 valence electrons. The maximum Gasteiger partial charge on any atom is 0.179 e. The molecule has 1 unspecified atom stereocenters. The van der Waals surface area contributed by atoms with Crippen molar-refractivity contribution in [3.05, 3.63) is 22.7 Å². The first kappa shape index (κ1) is 18.4. The van der Waals surface area contributed by atoms with E-state index in [1.807, 2.05) is 19.2 Å². The van der Waals surface area contributed by atoms with E-state index in [2.05, 4.69) is 10.2 Å². The Bertz CT molecular complexity index is 458. The topological polar surface area (TPSA) is 33.7 Å². The molecule has 4 nitrogen and oxygen atoms in total. The van der Waals surface area contributed by atoms with E-state index in [0.29, 0.717) is 22.6 Å². The zero-order valence-corrected chi connectivity index (χ0v) is 14.4. The van der Waals surface area contributed by atoms with Crippen molar-refractivity contribution >= 4 is 24.0 Å². The maximum atomic E-state index is 6.44. The fraction of sp³-hybridized carbons (Fsp3) is 0.600. The van der Waals surface area contributed by atoms with E-state index < -0.39 is 0 Å². The molecule has 0 radical (unpaired) electrons. The summed E-state index contributed by atoms with van der Waals surface area (Å²) >= 11 is 6.44. The van der Waals surface area contributed by atoms with Crippen LogP contribution >= 0.6 is 24.0 Å². The number of benzene rings is 1. The number of rotatable bonds is 5. The molecule has 1 aliphatic heterocycles. The minimum Gasteiger partial charge on any atom is -0.493 e. The fourth-order valence-electron chi connectivity index (χ4n) is 2.73. The molecule has 21 heavy (non-hydrogen) atoms. The largest absolute Gasteiger partial charge is 0.493 e. The monoisotopic (exact) mass is 334 g/mol. The van der Waals surface area contributed by atoms with Crippen LogP contribution in [0.5, 0.6) is 11.5 Å². The number of nitrogens with one attached hydrogen (secondary N) is 1. The van der Waals surface area contributed by atoms with Crippen LogP contribution in [-0.4, -0.2) is 45.3 Å². The standard InChI is InChI=1S/C15H23ClN2O2.ClH/c1-17-12-5-4-8-18(10-12)9-11-6-7-13(19-2)15(20-3)14(11)16;/h6-7,12,17H,4-5,8-10H2,1-3H3;1H. The molecule has 1 aliphatic rings. The van der Waals surface area contributed by atoms with E-state index in [-0.39, 0.29) is 12.4 Å². The Hall–Kier alpha value is -0.680. The molecule has 0 bridgehead atoms. The summed E-state index contributed by atoms with van der Waals surface area (Å²) in [4.78, 5) is 2.43. The molecular weight excluding hydrogens is 311 g/mol. The quantitative estimate of drug-likeness (QED) is 0.897. The molecule has 1 aromatic rings. The lowest BCUT2D eigenvalue weighted by Gasteiger charge is -2.32. The average Bonchev–Trinajstić information content (AvgIpc) is 2.49. The summed E-state index contributed by atoms with van der Waals surface area (Å²) in [6.07, 6.45) is 2.46. The highest BCUT2D eigenvalue weighted by Crippen LogP contribution is 2.37. The summed E-state index contributed by atoms with van der Waals surface area (Å²) in [5.41, 5.74) is 1.08. The Morgan fingerprint density at radius 2 is 2.10 bits per heavy atom. The average molecular weight is 335 g/mol. The highest BCUT2D eigenvalue weighted by Gasteiger charge is 2.20. The van der Waals surface area contributed by atoms with Crippen LogP contribution in [0.15, 0.2) is 12.1 Å². The predicted octanol–water partition coefficient (Wildman–Crippen LogP) is 2.96. The second kappa shape index (κ2) is 8.69. The zero-order chi connectivity index (χ0) is 14.5. The first-order chi connectivity index (χ1) is 9.69. The number of methoxy groups -OCH3 is 2. The number of likely N-dealkylation sites (N-methyl/N-ethyl adjacent to an activating group) is 1. The molecule has 0 saturated carbocycles. The van der Waals surface area contributed by atoms with Gasteiger partial charge >= 0.3 is 0 Å². The van der Waals surface area contributed by atoms with Crippen molar-refractivity contribution in [1.82, 2.24) is 10.2 Å². The van der Waals surface area contributed by atoms with Gasteiger partial charge in [-0.25, -0.2) is 0 Å². The summed E-state index contributed by atoms with van der Waals surface area (Å²) in [6, 6.07) is 4.51. The highest BCUT2D eigenvalue weighted by atomic mass is 35.5. The van der Waals surface area contributed by atoms with Crippen molar-refractivity contribution in [2.45, 2.75) is 25.4 Å². The lowest BCUT2D eigenvalue weighted by Crippen LogP contribution is -2.43. The van der Waals surface area contributed by atoms with Gasteiger partial charge in [-0.2, -0.15) is 0 Å². The molecule has 0 spiro atoms. The molecule has 1 fully saturated rings. The minimum atomic E-state index is 0. The van der Waals surface area contributed by atoms with Crippen LogP contribution in [0.25, 0.3) is 0 Å². The van der Waals surface area contributed by atoms with Crippen molar-refractivity contribution in [3.63, 3.8) is 0 Å². The summed E-state index contributed by atoms with van der Waals surface area (Å²) in [6.45, 7) is 3.02. The SMILES string of the molecule is CNC1CCCN(Cc2ccc(OC)c(OC)c2Cl)C1.Cl. The van der Waals surface area contributed by atoms with Gasteiger partial charge in [0.25, 0.3) is 0 Å². The second-order valence-corrected chi connectivity index (χ2v) is 5.52. The van der Waals surface area contributed by atoms with Crippen LogP contribution < -0.4 is 14.8 Å². The van der Waals surface area contributed by atoms with E-state index in [0.717, 1.165) is 25.2 Å². The molecular formula is C15H24Cl2N2O2. The highest BCUT2D eigenvalue weighted by molar-refractivity contribution is 6.33. The first-order valence-electron chi connectivity index (χ1n) is 6.98. The predicted molar refractivity (Wildman–Crippen MR) is 89.2 cm³/mol. The number of hydrogen-bond acceptors (Lipinski definition) is 4. The van der Waals surface area contributed by atoms with Gasteiger partial charge < -0.3 is 14.8 Å². The Morgan fingerprint density at radius 3 is 2.71 bits per heavy atom. The molecule has 1 aromatic carbocycles. The van der Waals surface area contributed by atoms with Crippen LogP contribution in [0.1, 0.15) is 18.4 Å². The third-order valence-corrected chi connectivity index (χ3v) is 4.29. The molecule has 0 aromatic heterocycles. The molecule has 6 heteroatoms. The summed E-state index contributed by atoms with van der Waals surface area (Å²) < 4.78 is 10.6. The lowest BCUT2D eigenvalue weighted by molar-refractivity contribution is 0.188. The molecule has 1 N–H and O–H groups in total. The van der Waals surface area contributed by atoms with Crippen LogP contribution in [0, 0.1) is 0 Å². The Labute approximate surface area is 138 Å². The Morgan fingerprint density at radius 1 is 1.33 bits per heavy atom. The van der Waals surface area contributed by atoms with Gasteiger partial charge in [0, 0.05) is 19.1 Å². The third-order valence-electron chi connectivity index (χ3n) is 3.87. The van der Waals surface area contributed by atoms with E-state index in [1.165, 1.54) is 12.8 Å². The van der Waals surface area contributed by atoms with Gasteiger partial charge in [-0.05, 0) is 38.1 Å². The molecule has 1 atom stereocenters. The number of hydrogen-bond donors (Lipinski definition) is 1. The molecule has 1 heterocycles. The third kappa shape index (κ3) is 4.39. The fourth-order valence-corrected chi connectivity index (χ4v) is 3.02. The van der Waals surface area contributed by atoms with Gasteiger partial charge in [-0.15, -0.1) is 12.4 Å². The van der Waals surface area contributed by atoms with E-state index in [4.69, 9.17) is 21.1 Å². The van der Waals surface area contributed by atoms with Crippen molar-refractivity contribution < 1.29 is 9.47 Å². The first-order valence-corrected chi connectivity index (χ1v) is 7.36. The zero-order valence-electron chi connectivity index (χ0n) is 12.8. The van der Waals surface area contributed by atoms with Crippen LogP contribution in [0.3, 0.4) is 0 Å². The second-order valence-electron chi connectivity index (χ2n) is 5.14. The van der Waals surface area contributed by atoms with Crippen LogP contribution in [0.2, 0.25) is 5.02 Å². The van der Waals surface area contributed by atoms with Gasteiger partial charge in [-0.1, -0.05) is 17.7 Å². The van der Waals surface area contributed by atoms with Crippen molar-refractivity contribution in [3.8, 4) is 11.5 Å². The summed E-state index contributed by atoms with van der Waals surface area (Å²) in [5, 5.41) is 4.01. The van der Waals surface area contributed by atoms with Crippen molar-refractivity contribution in [2.24, 2.45) is 0 Å². The van der Waals surface area contributed by atoms with Crippen molar-refractivity contribution in [2.75, 3.05) is 34.4 Å². The van der Waals surface area contributed by atoms with Gasteiger partial charge in [0.2, 0.25) is 0 Å². The van der Waals surface area contributed by atoms with Gasteiger partial charge in [0.15, 0.2) is 11.5 Å². The van der Waals surface area contributed by atoms with E-state index in [1.54, 1.807) is 14.2 Å². The number of ether oxygens (including phenoxy) is 2. The number of halogens is 2. The lowest BCUT2D eigenvalue weighted by atomic mass is 10.0. The number of nitrogens with zero attached hydrogens (tertiary/aromatic N) is 1. The van der Waals surface area contributed by atoms with Crippen LogP contribution in [0.4, 0.5) is 0 Å². The van der Waals surface area contributed by atoms with Gasteiger partial charge in [-0.3, -0.25) is 4.90 Å². The summed E-state index contributed by atoms with van der Waals surface area (Å²) in [7, 11) is 5.26. The van der Waals surface area contributed by atoms with E-state index >= 15 is 0 Å². The van der Waals surface area contributed by atoms with Gasteiger partial charge in [0.1, 0.15) is 0 Å². The van der Waals surface area contributed by atoms with Crippen LogP contribution in [-0.2, 0) is 6.54 Å². The summed E-state index contributed by atoms with van der Waals surface area (Å²) in [5.74, 6) is 1.29. The number of likely N-dealkylation sites (tertiary alicyclic amines) is 1. The molecule has 0 aliphatic carbocycles. The molecule has 0 amide bonds. The maximum absolute atomic E-state index is 6.44. The van der Waals surface area contributed by atoms with E-state index in [9.17, 15) is 0 Å². The molecule has 2 rings (SSSR count). The smallest absolute Gasteiger partial charge is 0.179 e. The normalized spacial score (nSPS) is 19.0. The number of piperidine rings is 1. The minimum absolute atomic E-state index is 0.